The summed E-state index contributed by atoms with van der Waals surface area (Å²) in [7, 11) is 0. The Morgan fingerprint density at radius 2 is 0.783 bits per heavy atom. The van der Waals surface area contributed by atoms with Crippen molar-refractivity contribution < 1.29 is 0 Å². The second-order valence-electron chi connectivity index (χ2n) is 17.5. The Morgan fingerprint density at radius 1 is 0.290 bits per heavy atom. The fraction of sp³-hybridized carbons (Fsp3) is 0. The molecule has 6 heteroatoms. The summed E-state index contributed by atoms with van der Waals surface area (Å²) in [6.45, 7) is 0. The van der Waals surface area contributed by atoms with E-state index in [0.29, 0.717) is 17.5 Å². The minimum absolute atomic E-state index is 0.653. The number of nitrogens with zero attached hydrogens (tertiary/aromatic N) is 4. The number of hydrogen-bond acceptors (Lipinski definition) is 5. The number of benzene rings is 10. The number of rotatable bonds is 7. The maximum absolute atomic E-state index is 5.16. The first kappa shape index (κ1) is 39.6. The van der Waals surface area contributed by atoms with Gasteiger partial charge in [0.25, 0.3) is 0 Å². The number of thiophene rings is 2. The molecule has 69 heavy (non-hydrogen) atoms. The molecule has 0 saturated carbocycles. The SMILES string of the molecule is c1ccc(-c2nc(-c3ccccc3)nc(-c3cccc4sc5ccc(-c6ccc7c(c6)c6cc(-c8cccc(-c9cccc%10c9sc9ccccc9%10)c8)ccc6n7-c6ccccc6)cc5c34)n2)cc1. The molecule has 0 N–H and O–H groups in total. The van der Waals surface area contributed by atoms with Crippen LogP contribution in [0.2, 0.25) is 0 Å². The molecular weight excluding hydrogens is 877 g/mol. The zero-order valence-corrected chi connectivity index (χ0v) is 38.7. The first-order valence-electron chi connectivity index (χ1n) is 23.2. The zero-order valence-electron chi connectivity index (χ0n) is 37.0. The van der Waals surface area contributed by atoms with E-state index in [1.807, 2.05) is 59.1 Å². The fourth-order valence-corrected chi connectivity index (χ4v) is 12.6. The average Bonchev–Trinajstić information content (AvgIpc) is 4.10. The van der Waals surface area contributed by atoms with E-state index in [0.717, 1.165) is 38.9 Å². The van der Waals surface area contributed by atoms with E-state index < -0.39 is 0 Å². The Morgan fingerprint density at radius 3 is 1.49 bits per heavy atom. The molecule has 4 heterocycles. The Hall–Kier alpha value is -8.55. The van der Waals surface area contributed by atoms with Crippen LogP contribution in [0.1, 0.15) is 0 Å². The van der Waals surface area contributed by atoms with Crippen molar-refractivity contribution >= 4 is 84.8 Å². The molecule has 0 radical (unpaired) electrons. The van der Waals surface area contributed by atoms with E-state index in [4.69, 9.17) is 15.0 Å². The monoisotopic (exact) mass is 914 g/mol. The Balaban J connectivity index is 0.916. The molecule has 0 unspecified atom stereocenters. The van der Waals surface area contributed by atoms with Crippen molar-refractivity contribution in [3.8, 4) is 73.2 Å². The zero-order chi connectivity index (χ0) is 45.4. The summed E-state index contributed by atoms with van der Waals surface area (Å²) in [6, 6.07) is 82.9. The van der Waals surface area contributed by atoms with Crippen LogP contribution < -0.4 is 0 Å². The van der Waals surface area contributed by atoms with Crippen molar-refractivity contribution in [2.24, 2.45) is 0 Å². The molecule has 322 valence electrons. The predicted octanol–water partition coefficient (Wildman–Crippen LogP) is 17.7. The fourth-order valence-electron chi connectivity index (χ4n) is 10.2. The van der Waals surface area contributed by atoms with Gasteiger partial charge in [-0.3, -0.25) is 0 Å². The van der Waals surface area contributed by atoms with Crippen LogP contribution in [0.3, 0.4) is 0 Å². The molecule has 0 aliphatic rings. The molecule has 0 amide bonds. The van der Waals surface area contributed by atoms with Gasteiger partial charge >= 0.3 is 0 Å². The molecule has 0 atom stereocenters. The molecule has 0 saturated heterocycles. The lowest BCUT2D eigenvalue weighted by atomic mass is 9.96. The Kier molecular flexibility index (Phi) is 9.22. The third kappa shape index (κ3) is 6.68. The lowest BCUT2D eigenvalue weighted by molar-refractivity contribution is 1.08. The normalized spacial score (nSPS) is 11.8. The van der Waals surface area contributed by atoms with Gasteiger partial charge in [-0.15, -0.1) is 22.7 Å². The van der Waals surface area contributed by atoms with Crippen molar-refractivity contribution in [2.45, 2.75) is 0 Å². The highest BCUT2D eigenvalue weighted by Crippen LogP contribution is 2.44. The highest BCUT2D eigenvalue weighted by atomic mass is 32.1. The van der Waals surface area contributed by atoms with Gasteiger partial charge in [-0.05, 0) is 100 Å². The quantitative estimate of drug-likeness (QED) is 0.160. The van der Waals surface area contributed by atoms with Crippen molar-refractivity contribution in [1.82, 2.24) is 19.5 Å². The van der Waals surface area contributed by atoms with Crippen LogP contribution in [-0.2, 0) is 0 Å². The van der Waals surface area contributed by atoms with E-state index in [9.17, 15) is 0 Å². The first-order chi connectivity index (χ1) is 34.2. The van der Waals surface area contributed by atoms with Crippen molar-refractivity contribution in [2.75, 3.05) is 0 Å². The van der Waals surface area contributed by atoms with Gasteiger partial charge in [0.05, 0.1) is 11.0 Å². The smallest absolute Gasteiger partial charge is 0.164 e. The van der Waals surface area contributed by atoms with Crippen LogP contribution in [0.5, 0.6) is 0 Å². The van der Waals surface area contributed by atoms with Crippen LogP contribution in [-0.4, -0.2) is 19.5 Å². The summed E-state index contributed by atoms with van der Waals surface area (Å²) in [5, 5.41) is 7.40. The molecular formula is C63H38N4S2. The number of hydrogen-bond donors (Lipinski definition) is 0. The molecule has 14 aromatic rings. The third-order valence-corrected chi connectivity index (χ3v) is 15.8. The molecule has 4 aromatic heterocycles. The summed E-state index contributed by atoms with van der Waals surface area (Å²) in [6.07, 6.45) is 0. The van der Waals surface area contributed by atoms with Gasteiger partial charge in [-0.2, -0.15) is 0 Å². The van der Waals surface area contributed by atoms with Crippen molar-refractivity contribution in [3.05, 3.63) is 231 Å². The topological polar surface area (TPSA) is 43.6 Å². The molecule has 0 bridgehead atoms. The second kappa shape index (κ2) is 16.1. The van der Waals surface area contributed by atoms with Gasteiger partial charge in [-0.1, -0.05) is 164 Å². The Bertz CT molecular complexity index is 4250. The molecule has 0 aliphatic heterocycles. The number of para-hydroxylation sites is 1. The van der Waals surface area contributed by atoms with Crippen LogP contribution in [0.15, 0.2) is 231 Å². The van der Waals surface area contributed by atoms with E-state index >= 15 is 0 Å². The molecule has 14 rings (SSSR count). The first-order valence-corrected chi connectivity index (χ1v) is 24.8. The molecule has 10 aromatic carbocycles. The van der Waals surface area contributed by atoms with Gasteiger partial charge in [0.15, 0.2) is 17.5 Å². The summed E-state index contributed by atoms with van der Waals surface area (Å²) >= 11 is 3.69. The highest BCUT2D eigenvalue weighted by molar-refractivity contribution is 7.26. The number of aromatic nitrogens is 4. The van der Waals surface area contributed by atoms with Crippen molar-refractivity contribution in [1.29, 1.82) is 0 Å². The van der Waals surface area contributed by atoms with Gasteiger partial charge in [0, 0.05) is 73.5 Å². The second-order valence-corrected chi connectivity index (χ2v) is 19.7. The maximum Gasteiger partial charge on any atom is 0.164 e. The van der Waals surface area contributed by atoms with Crippen LogP contribution in [0.4, 0.5) is 0 Å². The van der Waals surface area contributed by atoms with Gasteiger partial charge < -0.3 is 4.57 Å². The predicted molar refractivity (Wildman–Crippen MR) is 293 cm³/mol. The molecule has 0 aliphatic carbocycles. The molecule has 4 nitrogen and oxygen atoms in total. The maximum atomic E-state index is 5.16. The van der Waals surface area contributed by atoms with Crippen molar-refractivity contribution in [3.63, 3.8) is 0 Å². The largest absolute Gasteiger partial charge is 0.309 e. The highest BCUT2D eigenvalue weighted by Gasteiger charge is 2.20. The minimum atomic E-state index is 0.653. The van der Waals surface area contributed by atoms with Gasteiger partial charge in [0.1, 0.15) is 0 Å². The van der Waals surface area contributed by atoms with E-state index in [-0.39, 0.29) is 0 Å². The molecule has 0 spiro atoms. The number of fused-ring (bicyclic) bond motifs is 9. The molecule has 0 fully saturated rings. The average molecular weight is 915 g/mol. The summed E-state index contributed by atoms with van der Waals surface area (Å²) in [5.74, 6) is 1.97. The van der Waals surface area contributed by atoms with Crippen LogP contribution in [0, 0.1) is 0 Å². The van der Waals surface area contributed by atoms with E-state index in [2.05, 4.69) is 199 Å². The van der Waals surface area contributed by atoms with E-state index in [1.165, 1.54) is 79.0 Å². The van der Waals surface area contributed by atoms with Gasteiger partial charge in [-0.25, -0.2) is 15.0 Å². The Labute approximate surface area is 405 Å². The van der Waals surface area contributed by atoms with E-state index in [1.54, 1.807) is 0 Å². The third-order valence-electron chi connectivity index (χ3n) is 13.5. The summed E-state index contributed by atoms with van der Waals surface area (Å²) < 4.78 is 7.47. The standard InChI is InChI=1S/C63H38N4S2/c1-4-15-39(16-5-1)61-64-62(40-17-6-2-7-18-40)66-63(65-61)50-26-14-28-58-59(50)53-38-44(31-34-57(53)68-58)43-30-33-55-52(37-43)51-36-42(29-32-54(51)67(55)46-21-8-3-9-22-46)41-19-12-20-45(35-41)47-24-13-25-49-48-23-10-11-27-56(48)69-60(47)49/h1-38H. The minimum Gasteiger partial charge on any atom is -0.309 e. The van der Waals surface area contributed by atoms with Crippen LogP contribution in [0.25, 0.3) is 135 Å². The summed E-state index contributed by atoms with van der Waals surface area (Å²) in [4.78, 5) is 15.3. The lowest BCUT2D eigenvalue weighted by Crippen LogP contribution is -2.00. The van der Waals surface area contributed by atoms with Gasteiger partial charge in [0.2, 0.25) is 0 Å². The lowest BCUT2D eigenvalue weighted by Gasteiger charge is -2.10. The van der Waals surface area contributed by atoms with Crippen LogP contribution >= 0.6 is 22.7 Å². The summed E-state index contributed by atoms with van der Waals surface area (Å²) in [5.41, 5.74) is 13.6.